The molecule has 1 unspecified atom stereocenters. The SMILES string of the molecule is C[C@H](OP(=O)(O)O[C@@H]1[C@H](F)[C@@H](CO)O[C@H]1n1cnc2c(=O)[nH]c(N)nc21)[C@H]1O[C@@H](n2cnc3c(N)ncnc32)[C@H](O)[C@@]1(C)O. The number of phosphoric ester groups is 1. The molecule has 0 bridgehead atoms. The minimum atomic E-state index is -5.22. The number of nitrogens with zero attached hydrogens (tertiary/aromatic N) is 7. The van der Waals surface area contributed by atoms with Crippen LogP contribution >= 0.6 is 7.82 Å². The van der Waals surface area contributed by atoms with Crippen LogP contribution < -0.4 is 17.0 Å². The maximum atomic E-state index is 15.4. The summed E-state index contributed by atoms with van der Waals surface area (Å²) in [5, 5.41) is 31.8. The number of ether oxygens (including phenoxy) is 2. The Morgan fingerprint density at radius 3 is 2.55 bits per heavy atom. The van der Waals surface area contributed by atoms with Gasteiger partial charge < -0.3 is 41.2 Å². The van der Waals surface area contributed by atoms with E-state index in [1.54, 1.807) is 0 Å². The van der Waals surface area contributed by atoms with E-state index in [2.05, 4.69) is 29.9 Å². The first kappa shape index (κ1) is 30.4. The van der Waals surface area contributed by atoms with Crippen molar-refractivity contribution in [3.05, 3.63) is 29.3 Å². The molecule has 10 atom stereocenters. The summed E-state index contributed by atoms with van der Waals surface area (Å²) in [5.41, 5.74) is 8.76. The maximum absolute atomic E-state index is 15.4. The van der Waals surface area contributed by atoms with Crippen molar-refractivity contribution in [3.8, 4) is 0 Å². The first-order valence-electron chi connectivity index (χ1n) is 13.0. The average Bonchev–Trinajstić information content (AvgIpc) is 3.69. The molecule has 0 aliphatic carbocycles. The van der Waals surface area contributed by atoms with Crippen LogP contribution in [0.2, 0.25) is 0 Å². The van der Waals surface area contributed by atoms with Crippen LogP contribution in [-0.2, 0) is 23.1 Å². The monoisotopic (exact) mass is 642 g/mol. The molecule has 0 amide bonds. The minimum absolute atomic E-state index is 0.0677. The highest BCUT2D eigenvalue weighted by Gasteiger charge is 2.57. The number of fused-ring (bicyclic) bond motifs is 2. The number of aliphatic hydroxyl groups is 3. The molecule has 0 spiro atoms. The Morgan fingerprint density at radius 2 is 1.84 bits per heavy atom. The third-order valence-corrected chi connectivity index (χ3v) is 8.65. The highest BCUT2D eigenvalue weighted by Crippen LogP contribution is 2.52. The Balaban J connectivity index is 1.24. The fourth-order valence-electron chi connectivity index (χ4n) is 5.43. The highest BCUT2D eigenvalue weighted by atomic mass is 31.2. The Bertz CT molecular complexity index is 1820. The number of nitrogen functional groups attached to an aromatic ring is 2. The van der Waals surface area contributed by atoms with Gasteiger partial charge in [-0.05, 0) is 13.8 Å². The number of phosphoric acid groups is 1. The van der Waals surface area contributed by atoms with E-state index in [-0.39, 0.29) is 34.1 Å². The van der Waals surface area contributed by atoms with E-state index < -0.39 is 74.7 Å². The van der Waals surface area contributed by atoms with Crippen molar-refractivity contribution in [3.63, 3.8) is 0 Å². The number of rotatable bonds is 8. The van der Waals surface area contributed by atoms with E-state index in [0.29, 0.717) is 0 Å². The molecule has 0 saturated carbocycles. The predicted octanol–water partition coefficient (Wildman–Crippen LogP) is -1.75. The molecule has 22 heteroatoms. The van der Waals surface area contributed by atoms with E-state index in [1.165, 1.54) is 31.1 Å². The molecule has 6 rings (SSSR count). The number of nitrogens with one attached hydrogen (secondary N) is 1. The number of halogens is 1. The number of alkyl halides is 1. The summed E-state index contributed by atoms with van der Waals surface area (Å²) in [6.07, 6.45) is -9.40. The predicted molar refractivity (Wildman–Crippen MR) is 144 cm³/mol. The number of H-pyrrole nitrogens is 1. The number of hydrogen-bond donors (Lipinski definition) is 7. The topological polar surface area (TPSA) is 294 Å². The molecular formula is C22H28FN10O10P. The third kappa shape index (κ3) is 4.91. The summed E-state index contributed by atoms with van der Waals surface area (Å²) >= 11 is 0. The Hall–Kier alpha value is -3.66. The molecule has 238 valence electrons. The van der Waals surface area contributed by atoms with E-state index >= 15 is 4.39 Å². The summed E-state index contributed by atoms with van der Waals surface area (Å²) in [7, 11) is -5.22. The molecule has 2 fully saturated rings. The zero-order valence-electron chi connectivity index (χ0n) is 22.9. The van der Waals surface area contributed by atoms with Crippen LogP contribution in [0.1, 0.15) is 26.3 Å². The molecular weight excluding hydrogens is 614 g/mol. The lowest BCUT2D eigenvalue weighted by atomic mass is 9.92. The molecule has 9 N–H and O–H groups in total. The van der Waals surface area contributed by atoms with Gasteiger partial charge >= 0.3 is 7.82 Å². The second kappa shape index (κ2) is 10.8. The molecule has 20 nitrogen and oxygen atoms in total. The number of anilines is 2. The number of aliphatic hydroxyl groups excluding tert-OH is 2. The summed E-state index contributed by atoms with van der Waals surface area (Å²) < 4.78 is 52.9. The van der Waals surface area contributed by atoms with Crippen molar-refractivity contribution < 1.29 is 47.7 Å². The van der Waals surface area contributed by atoms with Crippen LogP contribution in [0.3, 0.4) is 0 Å². The van der Waals surface area contributed by atoms with Gasteiger partial charge in [-0.2, -0.15) is 4.98 Å². The molecule has 4 aromatic heterocycles. The normalized spacial score (nSPS) is 32.8. The van der Waals surface area contributed by atoms with Crippen molar-refractivity contribution in [2.45, 2.75) is 68.6 Å². The van der Waals surface area contributed by atoms with Gasteiger partial charge in [0.1, 0.15) is 41.9 Å². The smallest absolute Gasteiger partial charge is 0.394 e. The largest absolute Gasteiger partial charge is 0.473 e. The van der Waals surface area contributed by atoms with Gasteiger partial charge in [0, 0.05) is 0 Å². The highest BCUT2D eigenvalue weighted by molar-refractivity contribution is 7.47. The van der Waals surface area contributed by atoms with Crippen molar-refractivity contribution in [1.82, 2.24) is 39.0 Å². The number of aromatic nitrogens is 8. The van der Waals surface area contributed by atoms with Crippen LogP contribution in [-0.4, -0.2) is 108 Å². The van der Waals surface area contributed by atoms with Crippen LogP contribution in [0.5, 0.6) is 0 Å². The zero-order valence-corrected chi connectivity index (χ0v) is 23.8. The second-order valence-electron chi connectivity index (χ2n) is 10.5. The van der Waals surface area contributed by atoms with Crippen LogP contribution in [0.4, 0.5) is 16.2 Å². The molecule has 2 aliphatic rings. The van der Waals surface area contributed by atoms with Crippen LogP contribution in [0, 0.1) is 0 Å². The third-order valence-electron chi connectivity index (χ3n) is 7.54. The zero-order chi connectivity index (χ0) is 31.7. The lowest BCUT2D eigenvalue weighted by Crippen LogP contribution is -2.49. The molecule has 4 aromatic rings. The van der Waals surface area contributed by atoms with Gasteiger partial charge in [0.05, 0.1) is 25.4 Å². The molecule has 2 saturated heterocycles. The fraction of sp³-hybridized carbons (Fsp3) is 0.545. The lowest BCUT2D eigenvalue weighted by Gasteiger charge is -2.31. The molecule has 2 aliphatic heterocycles. The molecule has 0 aromatic carbocycles. The summed E-state index contributed by atoms with van der Waals surface area (Å²) in [6, 6.07) is 0. The first-order valence-corrected chi connectivity index (χ1v) is 14.5. The maximum Gasteiger partial charge on any atom is 0.473 e. The van der Waals surface area contributed by atoms with Gasteiger partial charge in [-0.1, -0.05) is 0 Å². The van der Waals surface area contributed by atoms with Crippen LogP contribution in [0.25, 0.3) is 22.3 Å². The summed E-state index contributed by atoms with van der Waals surface area (Å²) in [6.45, 7) is 1.66. The lowest BCUT2D eigenvalue weighted by molar-refractivity contribution is -0.110. The van der Waals surface area contributed by atoms with Gasteiger partial charge in [-0.3, -0.25) is 28.0 Å². The summed E-state index contributed by atoms with van der Waals surface area (Å²) in [5.74, 6) is -0.220. The van der Waals surface area contributed by atoms with Crippen molar-refractivity contribution in [1.29, 1.82) is 0 Å². The van der Waals surface area contributed by atoms with E-state index in [9.17, 15) is 29.6 Å². The van der Waals surface area contributed by atoms with Crippen molar-refractivity contribution in [2.75, 3.05) is 18.1 Å². The Labute approximate surface area is 245 Å². The van der Waals surface area contributed by atoms with Gasteiger partial charge in [-0.25, -0.2) is 28.9 Å². The Kier molecular flexibility index (Phi) is 7.42. The number of hydrogen-bond acceptors (Lipinski definition) is 16. The van der Waals surface area contributed by atoms with Gasteiger partial charge in [0.2, 0.25) is 5.95 Å². The van der Waals surface area contributed by atoms with Gasteiger partial charge in [-0.15, -0.1) is 0 Å². The quantitative estimate of drug-likeness (QED) is 0.105. The first-order chi connectivity index (χ1) is 20.7. The van der Waals surface area contributed by atoms with E-state index in [1.807, 2.05) is 0 Å². The summed E-state index contributed by atoms with van der Waals surface area (Å²) in [4.78, 5) is 45.1. The number of aromatic amines is 1. The number of imidazole rings is 2. The van der Waals surface area contributed by atoms with E-state index in [4.69, 9.17) is 30.0 Å². The van der Waals surface area contributed by atoms with E-state index in [0.717, 1.165) is 10.9 Å². The van der Waals surface area contributed by atoms with Gasteiger partial charge in [0.25, 0.3) is 5.56 Å². The van der Waals surface area contributed by atoms with Crippen molar-refractivity contribution >= 4 is 41.9 Å². The average molecular weight is 642 g/mol. The second-order valence-corrected chi connectivity index (χ2v) is 11.9. The van der Waals surface area contributed by atoms with Crippen LogP contribution in [0.15, 0.2) is 23.8 Å². The molecule has 0 radical (unpaired) electrons. The molecule has 44 heavy (non-hydrogen) atoms. The Morgan fingerprint density at radius 1 is 1.16 bits per heavy atom. The fourth-order valence-corrected chi connectivity index (χ4v) is 6.54. The van der Waals surface area contributed by atoms with Crippen molar-refractivity contribution in [2.24, 2.45) is 0 Å². The van der Waals surface area contributed by atoms with Gasteiger partial charge in [0.15, 0.2) is 41.3 Å². The minimum Gasteiger partial charge on any atom is -0.394 e. The molecule has 6 heterocycles. The number of nitrogens with two attached hydrogens (primary N) is 2. The standard InChI is InChI=1S/C22H28FN10O10P/c1-7(14-22(2,37)13(35)20(41-14)32-5-28-10-15(24)26-4-27-16(10)32)42-44(38,39)43-12-9(23)8(3-34)40-19(12)33-6-29-11-17(33)30-21(25)31-18(11)36/h4-9,12-14,19-20,34-35,37H,3H2,1-2H3,(H,38,39)(H2,24,26,27)(H3,25,30,31,36)/t7-,8+,9+,12+,13-,14+,19+,20+,22+/m0/s1.